The third-order valence-electron chi connectivity index (χ3n) is 5.55. The number of amides is 1. The number of benzene rings is 2. The fourth-order valence-electron chi connectivity index (χ4n) is 3.85. The molecule has 1 aliphatic rings. The van der Waals surface area contributed by atoms with Crippen molar-refractivity contribution >= 4 is 28.9 Å². The quantitative estimate of drug-likeness (QED) is 0.342. The van der Waals surface area contributed by atoms with Crippen LogP contribution < -0.4 is 4.74 Å². The summed E-state index contributed by atoms with van der Waals surface area (Å²) in [5, 5.41) is 17.6. The molecule has 1 amide bonds. The van der Waals surface area contributed by atoms with Crippen molar-refractivity contribution in [1.29, 1.82) is 0 Å². The first-order valence-electron chi connectivity index (χ1n) is 10.5. The molecule has 10 heteroatoms. The predicted octanol–water partition coefficient (Wildman–Crippen LogP) is 4.66. The van der Waals surface area contributed by atoms with Gasteiger partial charge in [0.05, 0.1) is 30.6 Å². The van der Waals surface area contributed by atoms with Crippen LogP contribution in [0.1, 0.15) is 29.3 Å². The summed E-state index contributed by atoms with van der Waals surface area (Å²) in [6.07, 6.45) is 2.08. The smallest absolute Gasteiger partial charge is 0.269 e. The molecule has 0 spiro atoms. The lowest BCUT2D eigenvalue weighted by atomic mass is 10.0. The van der Waals surface area contributed by atoms with Crippen LogP contribution in [-0.4, -0.2) is 47.2 Å². The minimum absolute atomic E-state index is 0.0373. The summed E-state index contributed by atoms with van der Waals surface area (Å²) >= 11 is 6.22. The number of nitro groups is 1. The highest BCUT2D eigenvalue weighted by Crippen LogP contribution is 2.33. The van der Waals surface area contributed by atoms with E-state index >= 15 is 0 Å². The number of carbonyl (C=O) groups is 1. The van der Waals surface area contributed by atoms with E-state index in [1.54, 1.807) is 31.4 Å². The first-order valence-corrected chi connectivity index (χ1v) is 10.9. The van der Waals surface area contributed by atoms with Gasteiger partial charge in [-0.15, -0.1) is 0 Å². The molecule has 9 nitrogen and oxygen atoms in total. The van der Waals surface area contributed by atoms with Gasteiger partial charge in [-0.3, -0.25) is 19.8 Å². The maximum absolute atomic E-state index is 13.3. The third kappa shape index (κ3) is 5.11. The highest BCUT2D eigenvalue weighted by Gasteiger charge is 2.35. The zero-order valence-corrected chi connectivity index (χ0v) is 19.4. The first kappa shape index (κ1) is 23.5. The number of methoxy groups -OCH3 is 1. The molecule has 4 rings (SSSR count). The van der Waals surface area contributed by atoms with Gasteiger partial charge in [0.25, 0.3) is 11.6 Å². The molecule has 0 fully saturated rings. The molecule has 1 unspecified atom stereocenters. The average molecular weight is 483 g/mol. The molecular weight excluding hydrogens is 460 g/mol. The van der Waals surface area contributed by atoms with Gasteiger partial charge in [0, 0.05) is 30.1 Å². The molecular formula is C24H23ClN4O5. The summed E-state index contributed by atoms with van der Waals surface area (Å²) in [6.45, 7) is 0.302. The fourth-order valence-corrected chi connectivity index (χ4v) is 4.02. The second-order valence-electron chi connectivity index (χ2n) is 7.95. The molecule has 3 aromatic rings. The molecule has 0 aliphatic carbocycles. The van der Waals surface area contributed by atoms with Crippen LogP contribution in [0.2, 0.25) is 5.02 Å². The molecule has 0 saturated carbocycles. The lowest BCUT2D eigenvalue weighted by Gasteiger charge is -2.23. The zero-order valence-electron chi connectivity index (χ0n) is 18.7. The second kappa shape index (κ2) is 10.1. The van der Waals surface area contributed by atoms with Crippen LogP contribution in [0.5, 0.6) is 5.75 Å². The van der Waals surface area contributed by atoms with Gasteiger partial charge in [-0.2, -0.15) is 5.10 Å². The summed E-state index contributed by atoms with van der Waals surface area (Å²) < 4.78 is 10.8. The van der Waals surface area contributed by atoms with Crippen molar-refractivity contribution in [2.45, 2.75) is 19.0 Å². The lowest BCUT2D eigenvalue weighted by Crippen LogP contribution is -2.36. The summed E-state index contributed by atoms with van der Waals surface area (Å²) in [5.41, 5.74) is 2.18. The Morgan fingerprint density at radius 1 is 1.29 bits per heavy atom. The Balaban J connectivity index is 1.52. The summed E-state index contributed by atoms with van der Waals surface area (Å²) in [6, 6.07) is 15.0. The summed E-state index contributed by atoms with van der Waals surface area (Å²) in [7, 11) is 3.35. The van der Waals surface area contributed by atoms with Crippen LogP contribution in [0, 0.1) is 10.1 Å². The van der Waals surface area contributed by atoms with Crippen LogP contribution in [0.3, 0.4) is 0 Å². The van der Waals surface area contributed by atoms with Crippen molar-refractivity contribution in [3.8, 4) is 5.75 Å². The van der Waals surface area contributed by atoms with Gasteiger partial charge in [0.1, 0.15) is 17.6 Å². The number of furan rings is 1. The number of hydrazone groups is 1. The highest BCUT2D eigenvalue weighted by molar-refractivity contribution is 6.31. The Hall–Kier alpha value is -3.69. The molecule has 2 aromatic carbocycles. The van der Waals surface area contributed by atoms with E-state index in [-0.39, 0.29) is 30.7 Å². The Morgan fingerprint density at radius 2 is 2.06 bits per heavy atom. The monoisotopic (exact) mass is 482 g/mol. The number of halogens is 1. The van der Waals surface area contributed by atoms with Gasteiger partial charge in [0.2, 0.25) is 0 Å². The predicted molar refractivity (Wildman–Crippen MR) is 127 cm³/mol. The number of carbonyl (C=O) groups excluding carboxylic acids is 1. The van der Waals surface area contributed by atoms with Gasteiger partial charge in [-0.05, 0) is 60.6 Å². The fraction of sp³-hybridized carbons (Fsp3) is 0.250. The Bertz CT molecular complexity index is 1210. The van der Waals surface area contributed by atoms with E-state index in [1.807, 2.05) is 30.3 Å². The van der Waals surface area contributed by atoms with Gasteiger partial charge < -0.3 is 9.15 Å². The number of hydrogen-bond donors (Lipinski definition) is 0. The maximum Gasteiger partial charge on any atom is 0.269 e. The number of nitro benzene ring substituents is 1. The van der Waals surface area contributed by atoms with Crippen molar-refractivity contribution in [3.05, 3.63) is 92.9 Å². The van der Waals surface area contributed by atoms with E-state index in [1.165, 1.54) is 23.2 Å². The van der Waals surface area contributed by atoms with Crippen molar-refractivity contribution in [3.63, 3.8) is 0 Å². The van der Waals surface area contributed by atoms with Crippen LogP contribution in [-0.2, 0) is 11.3 Å². The van der Waals surface area contributed by atoms with Crippen LogP contribution >= 0.6 is 11.6 Å². The van der Waals surface area contributed by atoms with Crippen LogP contribution in [0.4, 0.5) is 5.69 Å². The topological polar surface area (TPSA) is 101 Å². The van der Waals surface area contributed by atoms with Crippen molar-refractivity contribution in [2.24, 2.45) is 5.10 Å². The molecule has 1 aliphatic heterocycles. The molecule has 176 valence electrons. The number of rotatable bonds is 8. The molecule has 34 heavy (non-hydrogen) atoms. The largest absolute Gasteiger partial charge is 0.497 e. The zero-order chi connectivity index (χ0) is 24.2. The number of nitrogens with zero attached hydrogens (tertiary/aromatic N) is 4. The van der Waals surface area contributed by atoms with E-state index in [0.717, 1.165) is 17.0 Å². The van der Waals surface area contributed by atoms with E-state index in [4.69, 9.17) is 20.8 Å². The first-order chi connectivity index (χ1) is 16.4. The Labute approximate surface area is 201 Å². The van der Waals surface area contributed by atoms with E-state index < -0.39 is 4.92 Å². The molecule has 0 bridgehead atoms. The number of likely N-dealkylation sites (N-methyl/N-ethyl adjacent to an activating group) is 1. The molecule has 1 atom stereocenters. The van der Waals surface area contributed by atoms with E-state index in [2.05, 4.69) is 5.10 Å². The Morgan fingerprint density at radius 3 is 2.71 bits per heavy atom. The lowest BCUT2D eigenvalue weighted by molar-refractivity contribution is -0.384. The molecule has 0 saturated heterocycles. The molecule has 1 aromatic heterocycles. The van der Waals surface area contributed by atoms with Crippen molar-refractivity contribution in [1.82, 2.24) is 9.91 Å². The number of ether oxygens (including phenoxy) is 1. The summed E-state index contributed by atoms with van der Waals surface area (Å²) in [4.78, 5) is 25.6. The van der Waals surface area contributed by atoms with Gasteiger partial charge in [0.15, 0.2) is 0 Å². The van der Waals surface area contributed by atoms with Gasteiger partial charge >= 0.3 is 0 Å². The van der Waals surface area contributed by atoms with Crippen molar-refractivity contribution < 1.29 is 18.9 Å². The van der Waals surface area contributed by atoms with Crippen LogP contribution in [0.15, 0.2) is 70.4 Å². The van der Waals surface area contributed by atoms with Crippen LogP contribution in [0.25, 0.3) is 0 Å². The second-order valence-corrected chi connectivity index (χ2v) is 8.36. The van der Waals surface area contributed by atoms with Crippen molar-refractivity contribution in [2.75, 3.05) is 20.7 Å². The summed E-state index contributed by atoms with van der Waals surface area (Å²) in [5.74, 6) is 1.15. The normalized spacial score (nSPS) is 15.5. The molecule has 2 heterocycles. The van der Waals surface area contributed by atoms with Gasteiger partial charge in [-0.25, -0.2) is 5.01 Å². The van der Waals surface area contributed by atoms with E-state index in [0.29, 0.717) is 22.8 Å². The van der Waals surface area contributed by atoms with E-state index in [9.17, 15) is 14.9 Å². The maximum atomic E-state index is 13.3. The minimum Gasteiger partial charge on any atom is -0.497 e. The minimum atomic E-state index is -0.474. The third-order valence-corrected chi connectivity index (χ3v) is 5.92. The SMILES string of the molecule is COc1ccc(C2=NN(C(=O)CN(C)Cc3cc([N+](=O)[O-])ccc3Cl)C(c3ccco3)C2)cc1. The highest BCUT2D eigenvalue weighted by atomic mass is 35.5. The Kier molecular flexibility index (Phi) is 6.95. The standard InChI is InChI=1S/C24H23ClN4O5/c1-27(14-17-12-18(29(31)32)7-10-20(17)25)15-24(30)28-22(23-4-3-11-34-23)13-21(26-28)16-5-8-19(33-2)9-6-16/h3-12,22H,13-15H2,1-2H3. The number of hydrogen-bond acceptors (Lipinski definition) is 7. The van der Waals surface area contributed by atoms with Gasteiger partial charge in [-0.1, -0.05) is 11.6 Å². The molecule has 0 N–H and O–H groups in total. The average Bonchev–Trinajstić information content (AvgIpc) is 3.50. The number of non-ortho nitro benzene ring substituents is 1. The molecule has 0 radical (unpaired) electrons.